The zero-order valence-electron chi connectivity index (χ0n) is 10.5. The molecule has 2 rings (SSSR count). The Morgan fingerprint density at radius 1 is 1.37 bits per heavy atom. The number of oxazole rings is 1. The Morgan fingerprint density at radius 2 is 2.11 bits per heavy atom. The van der Waals surface area contributed by atoms with E-state index in [0.29, 0.717) is 16.9 Å². The summed E-state index contributed by atoms with van der Waals surface area (Å²) in [4.78, 5) is 22.7. The van der Waals surface area contributed by atoms with Crippen molar-refractivity contribution in [3.05, 3.63) is 27.8 Å². The first-order valence-corrected chi connectivity index (χ1v) is 6.13. The predicted molar refractivity (Wildman–Crippen MR) is 68.3 cm³/mol. The van der Waals surface area contributed by atoms with Gasteiger partial charge in [0.2, 0.25) is 5.95 Å². The van der Waals surface area contributed by atoms with Crippen molar-refractivity contribution in [3.8, 4) is 0 Å². The van der Waals surface area contributed by atoms with Crippen LogP contribution in [0.5, 0.6) is 0 Å². The lowest BCUT2D eigenvalue weighted by Crippen LogP contribution is -2.04. The van der Waals surface area contributed by atoms with Gasteiger partial charge in [-0.1, -0.05) is 0 Å². The van der Waals surface area contributed by atoms with Crippen LogP contribution in [0.4, 0.5) is 11.6 Å². The van der Waals surface area contributed by atoms with Crippen LogP contribution in [0.25, 0.3) is 0 Å². The lowest BCUT2D eigenvalue weighted by Gasteiger charge is -2.04. The number of nitrogens with one attached hydrogen (secondary N) is 1. The zero-order valence-corrected chi connectivity index (χ0v) is 11.3. The molecule has 0 aliphatic heterocycles. The maximum absolute atomic E-state index is 11.1. The van der Waals surface area contributed by atoms with Crippen LogP contribution in [0.3, 0.4) is 0 Å². The molecule has 0 fully saturated rings. The van der Waals surface area contributed by atoms with Crippen LogP contribution in [-0.2, 0) is 0 Å². The van der Waals surface area contributed by atoms with Crippen LogP contribution in [-0.4, -0.2) is 26.9 Å². The van der Waals surface area contributed by atoms with E-state index in [1.807, 2.05) is 0 Å². The number of nitro groups is 1. The third-order valence-electron chi connectivity index (χ3n) is 2.21. The van der Waals surface area contributed by atoms with Gasteiger partial charge in [-0.3, -0.25) is 10.1 Å². The summed E-state index contributed by atoms with van der Waals surface area (Å²) in [5.74, 6) is 0.314. The van der Waals surface area contributed by atoms with Gasteiger partial charge in [0, 0.05) is 7.05 Å². The Bertz CT molecular complexity index is 628. The average molecular weight is 281 g/mol. The summed E-state index contributed by atoms with van der Waals surface area (Å²) >= 11 is 0.997. The Morgan fingerprint density at radius 3 is 2.63 bits per heavy atom. The Labute approximate surface area is 112 Å². The van der Waals surface area contributed by atoms with Crippen molar-refractivity contribution in [1.29, 1.82) is 0 Å². The van der Waals surface area contributed by atoms with E-state index >= 15 is 0 Å². The maximum atomic E-state index is 11.1. The maximum Gasteiger partial charge on any atom is 0.323 e. The monoisotopic (exact) mass is 281 g/mol. The van der Waals surface area contributed by atoms with Gasteiger partial charge >= 0.3 is 5.69 Å². The van der Waals surface area contributed by atoms with Crippen LogP contribution in [0, 0.1) is 24.0 Å². The highest BCUT2D eigenvalue weighted by Crippen LogP contribution is 2.34. The molecule has 2 heterocycles. The molecule has 19 heavy (non-hydrogen) atoms. The molecule has 8 nitrogen and oxygen atoms in total. The molecule has 0 bridgehead atoms. The number of anilines is 1. The normalized spacial score (nSPS) is 10.5. The van der Waals surface area contributed by atoms with Crippen molar-refractivity contribution in [2.45, 2.75) is 24.1 Å². The highest BCUT2D eigenvalue weighted by molar-refractivity contribution is 7.99. The SMILES string of the molecule is CNc1nc(C)c([N+](=O)[O-])c(Sc2nc(C)co2)n1. The summed E-state index contributed by atoms with van der Waals surface area (Å²) in [6.45, 7) is 3.33. The summed E-state index contributed by atoms with van der Waals surface area (Å²) in [7, 11) is 1.64. The minimum atomic E-state index is -0.507. The van der Waals surface area contributed by atoms with Gasteiger partial charge in [-0.15, -0.1) is 0 Å². The molecule has 0 radical (unpaired) electrons. The molecule has 100 valence electrons. The van der Waals surface area contributed by atoms with Crippen molar-refractivity contribution < 1.29 is 9.34 Å². The minimum absolute atomic E-state index is 0.139. The molecule has 0 unspecified atom stereocenters. The number of aryl methyl sites for hydroxylation is 2. The second-order valence-electron chi connectivity index (χ2n) is 3.65. The van der Waals surface area contributed by atoms with Crippen molar-refractivity contribution >= 4 is 23.4 Å². The first kappa shape index (κ1) is 13.3. The fraction of sp³-hybridized carbons (Fsp3) is 0.300. The molecule has 0 aromatic carbocycles. The zero-order chi connectivity index (χ0) is 14.0. The van der Waals surface area contributed by atoms with Crippen LogP contribution in [0.15, 0.2) is 20.9 Å². The van der Waals surface area contributed by atoms with Crippen molar-refractivity contribution in [2.75, 3.05) is 12.4 Å². The molecular weight excluding hydrogens is 270 g/mol. The summed E-state index contributed by atoms with van der Waals surface area (Å²) in [6, 6.07) is 0. The Balaban J connectivity index is 2.47. The number of nitrogens with zero attached hydrogens (tertiary/aromatic N) is 4. The quantitative estimate of drug-likeness (QED) is 0.516. The van der Waals surface area contributed by atoms with Gasteiger partial charge in [0.1, 0.15) is 12.0 Å². The molecule has 0 saturated carbocycles. The first-order chi connectivity index (χ1) is 9.01. The molecule has 0 aliphatic carbocycles. The number of hydrogen-bond acceptors (Lipinski definition) is 8. The second kappa shape index (κ2) is 5.22. The van der Waals surface area contributed by atoms with E-state index < -0.39 is 4.92 Å². The summed E-state index contributed by atoms with van der Waals surface area (Å²) in [5.41, 5.74) is 0.847. The third-order valence-corrected chi connectivity index (χ3v) is 3.05. The Hall–Kier alpha value is -2.16. The van der Waals surface area contributed by atoms with Crippen LogP contribution < -0.4 is 5.32 Å². The van der Waals surface area contributed by atoms with Crippen molar-refractivity contribution in [2.24, 2.45) is 0 Å². The van der Waals surface area contributed by atoms with Gasteiger partial charge in [-0.2, -0.15) is 4.98 Å². The fourth-order valence-electron chi connectivity index (χ4n) is 1.40. The molecule has 0 saturated heterocycles. The highest BCUT2D eigenvalue weighted by Gasteiger charge is 2.24. The smallest absolute Gasteiger partial charge is 0.323 e. The van der Waals surface area contributed by atoms with E-state index in [1.165, 1.54) is 6.26 Å². The molecule has 1 N–H and O–H groups in total. The fourth-order valence-corrected chi connectivity index (χ4v) is 2.30. The lowest BCUT2D eigenvalue weighted by atomic mass is 10.4. The van der Waals surface area contributed by atoms with Crippen molar-refractivity contribution in [1.82, 2.24) is 15.0 Å². The topological polar surface area (TPSA) is 107 Å². The van der Waals surface area contributed by atoms with Crippen molar-refractivity contribution in [3.63, 3.8) is 0 Å². The molecule has 0 spiro atoms. The first-order valence-electron chi connectivity index (χ1n) is 5.32. The van der Waals surface area contributed by atoms with Gasteiger partial charge in [-0.05, 0) is 25.6 Å². The third kappa shape index (κ3) is 2.81. The van der Waals surface area contributed by atoms with Crippen LogP contribution >= 0.6 is 11.8 Å². The highest BCUT2D eigenvalue weighted by atomic mass is 32.2. The predicted octanol–water partition coefficient (Wildman–Crippen LogP) is 2.18. The van der Waals surface area contributed by atoms with Crippen LogP contribution in [0.2, 0.25) is 0 Å². The number of aromatic nitrogens is 3. The van der Waals surface area contributed by atoms with Gasteiger partial charge in [0.15, 0.2) is 5.03 Å². The average Bonchev–Trinajstić information content (AvgIpc) is 2.73. The van der Waals surface area contributed by atoms with E-state index in [2.05, 4.69) is 20.3 Å². The van der Waals surface area contributed by atoms with E-state index in [0.717, 1.165) is 11.8 Å². The number of hydrogen-bond donors (Lipinski definition) is 1. The summed E-state index contributed by atoms with van der Waals surface area (Å²) in [6.07, 6.45) is 1.47. The molecule has 9 heteroatoms. The molecular formula is C10H11N5O3S. The molecule has 0 amide bonds. The van der Waals surface area contributed by atoms with Gasteiger partial charge in [-0.25, -0.2) is 9.97 Å². The Kier molecular flexibility index (Phi) is 3.65. The largest absolute Gasteiger partial charge is 0.439 e. The standard InChI is InChI=1S/C10H11N5O3S/c1-5-4-18-10(12-5)19-8-7(15(16)17)6(2)13-9(11-3)14-8/h4H,1-3H3,(H,11,13,14). The minimum Gasteiger partial charge on any atom is -0.439 e. The van der Waals surface area contributed by atoms with E-state index in [1.54, 1.807) is 20.9 Å². The molecule has 0 atom stereocenters. The lowest BCUT2D eigenvalue weighted by molar-refractivity contribution is -0.389. The summed E-state index contributed by atoms with van der Waals surface area (Å²) < 4.78 is 5.16. The van der Waals surface area contributed by atoms with E-state index in [9.17, 15) is 10.1 Å². The van der Waals surface area contributed by atoms with Gasteiger partial charge in [0.05, 0.1) is 10.6 Å². The van der Waals surface area contributed by atoms with Gasteiger partial charge < -0.3 is 9.73 Å². The van der Waals surface area contributed by atoms with E-state index in [-0.39, 0.29) is 16.4 Å². The number of rotatable bonds is 4. The molecule has 2 aromatic heterocycles. The summed E-state index contributed by atoms with van der Waals surface area (Å²) in [5, 5.41) is 14.3. The molecule has 2 aromatic rings. The second-order valence-corrected chi connectivity index (χ2v) is 4.59. The molecule has 0 aliphatic rings. The van der Waals surface area contributed by atoms with Gasteiger partial charge in [0.25, 0.3) is 5.22 Å². The van der Waals surface area contributed by atoms with E-state index in [4.69, 9.17) is 4.42 Å². The van der Waals surface area contributed by atoms with Crippen LogP contribution in [0.1, 0.15) is 11.4 Å².